The molecule has 0 spiro atoms. The second kappa shape index (κ2) is 7.57. The van der Waals surface area contributed by atoms with Crippen molar-refractivity contribution >= 4 is 34.6 Å². The summed E-state index contributed by atoms with van der Waals surface area (Å²) in [6, 6.07) is 21.1. The van der Waals surface area contributed by atoms with Crippen molar-refractivity contribution in [3.8, 4) is 0 Å². The Hall–Kier alpha value is -2.92. The van der Waals surface area contributed by atoms with E-state index < -0.39 is 0 Å². The molecule has 0 unspecified atom stereocenters. The summed E-state index contributed by atoms with van der Waals surface area (Å²) in [5.74, 6) is 0.211. The SMILES string of the molecule is Cc1ccc(N=C(NC(=O)c2cccs2)Nc2ccccc2)cc1. The van der Waals surface area contributed by atoms with Gasteiger partial charge in [-0.05, 0) is 42.6 Å². The Bertz CT molecular complexity index is 825. The molecule has 2 N–H and O–H groups in total. The number of nitrogens with one attached hydrogen (secondary N) is 2. The molecule has 0 fully saturated rings. The summed E-state index contributed by atoms with van der Waals surface area (Å²) < 4.78 is 0. The summed E-state index contributed by atoms with van der Waals surface area (Å²) in [6.07, 6.45) is 0. The highest BCUT2D eigenvalue weighted by atomic mass is 32.1. The van der Waals surface area contributed by atoms with Crippen molar-refractivity contribution in [3.63, 3.8) is 0 Å². The zero-order valence-electron chi connectivity index (χ0n) is 13.2. The number of guanidine groups is 1. The number of amides is 1. The molecule has 3 rings (SSSR count). The molecule has 120 valence electrons. The van der Waals surface area contributed by atoms with Crippen LogP contribution in [0.3, 0.4) is 0 Å². The molecule has 0 saturated carbocycles. The van der Waals surface area contributed by atoms with E-state index in [9.17, 15) is 4.79 Å². The average Bonchev–Trinajstić information content (AvgIpc) is 3.12. The van der Waals surface area contributed by atoms with Gasteiger partial charge >= 0.3 is 0 Å². The van der Waals surface area contributed by atoms with Crippen LogP contribution in [-0.2, 0) is 0 Å². The minimum Gasteiger partial charge on any atom is -0.326 e. The van der Waals surface area contributed by atoms with E-state index in [1.165, 1.54) is 11.3 Å². The van der Waals surface area contributed by atoms with Gasteiger partial charge in [0.1, 0.15) is 0 Å². The Balaban J connectivity index is 1.85. The number of carbonyl (C=O) groups excluding carboxylic acids is 1. The number of aryl methyl sites for hydroxylation is 1. The van der Waals surface area contributed by atoms with Crippen LogP contribution in [0.25, 0.3) is 0 Å². The van der Waals surface area contributed by atoms with Crippen molar-refractivity contribution in [2.24, 2.45) is 4.99 Å². The van der Waals surface area contributed by atoms with E-state index in [1.807, 2.05) is 73.0 Å². The molecule has 2 aromatic carbocycles. The van der Waals surface area contributed by atoms with Crippen LogP contribution in [0.2, 0.25) is 0 Å². The van der Waals surface area contributed by atoms with E-state index in [-0.39, 0.29) is 5.91 Å². The number of carbonyl (C=O) groups is 1. The number of rotatable bonds is 3. The predicted molar refractivity (Wildman–Crippen MR) is 100 cm³/mol. The summed E-state index contributed by atoms with van der Waals surface area (Å²) in [5.41, 5.74) is 2.79. The minimum atomic E-state index is -0.181. The molecule has 5 heteroatoms. The molecule has 0 radical (unpaired) electrons. The highest BCUT2D eigenvalue weighted by molar-refractivity contribution is 7.12. The lowest BCUT2D eigenvalue weighted by Gasteiger charge is -2.11. The van der Waals surface area contributed by atoms with E-state index in [1.54, 1.807) is 6.07 Å². The predicted octanol–water partition coefficient (Wildman–Crippen LogP) is 4.59. The van der Waals surface area contributed by atoms with Crippen molar-refractivity contribution in [2.45, 2.75) is 6.92 Å². The van der Waals surface area contributed by atoms with Gasteiger partial charge in [0.2, 0.25) is 5.96 Å². The first kappa shape index (κ1) is 16.0. The largest absolute Gasteiger partial charge is 0.326 e. The van der Waals surface area contributed by atoms with Gasteiger partial charge in [-0.3, -0.25) is 10.1 Å². The van der Waals surface area contributed by atoms with Crippen LogP contribution >= 0.6 is 11.3 Å². The molecule has 0 aliphatic carbocycles. The molecule has 1 amide bonds. The topological polar surface area (TPSA) is 53.5 Å². The van der Waals surface area contributed by atoms with Crippen molar-refractivity contribution < 1.29 is 4.79 Å². The van der Waals surface area contributed by atoms with Gasteiger partial charge in [0.15, 0.2) is 0 Å². The number of hydrogen-bond donors (Lipinski definition) is 2. The van der Waals surface area contributed by atoms with Gasteiger partial charge in [-0.2, -0.15) is 0 Å². The third-order valence-corrected chi connectivity index (χ3v) is 4.16. The van der Waals surface area contributed by atoms with Crippen LogP contribution in [0.5, 0.6) is 0 Å². The summed E-state index contributed by atoms with van der Waals surface area (Å²) >= 11 is 1.39. The molecular formula is C19H17N3OS. The lowest BCUT2D eigenvalue weighted by atomic mass is 10.2. The first-order valence-corrected chi connectivity index (χ1v) is 8.41. The number of aliphatic imine (C=N–C) groups is 1. The smallest absolute Gasteiger partial charge is 0.268 e. The lowest BCUT2D eigenvalue weighted by Crippen LogP contribution is -2.35. The average molecular weight is 335 g/mol. The van der Waals surface area contributed by atoms with Crippen LogP contribution in [-0.4, -0.2) is 11.9 Å². The van der Waals surface area contributed by atoms with Gasteiger partial charge in [0, 0.05) is 5.69 Å². The Labute approximate surface area is 144 Å². The molecular weight excluding hydrogens is 318 g/mol. The fourth-order valence-electron chi connectivity index (χ4n) is 2.07. The molecule has 1 aromatic heterocycles. The highest BCUT2D eigenvalue weighted by Crippen LogP contribution is 2.14. The number of para-hydroxylation sites is 1. The summed E-state index contributed by atoms with van der Waals surface area (Å²) in [6.45, 7) is 2.02. The molecule has 0 saturated heterocycles. The third-order valence-electron chi connectivity index (χ3n) is 3.29. The van der Waals surface area contributed by atoms with Crippen LogP contribution in [0.4, 0.5) is 11.4 Å². The Morgan fingerprint density at radius 3 is 2.38 bits per heavy atom. The normalized spacial score (nSPS) is 11.1. The molecule has 0 bridgehead atoms. The van der Waals surface area contributed by atoms with Crippen LogP contribution in [0.1, 0.15) is 15.2 Å². The van der Waals surface area contributed by atoms with Gasteiger partial charge in [-0.25, -0.2) is 4.99 Å². The van der Waals surface area contributed by atoms with Crippen molar-refractivity contribution in [3.05, 3.63) is 82.6 Å². The quantitative estimate of drug-likeness (QED) is 0.543. The van der Waals surface area contributed by atoms with Crippen LogP contribution in [0.15, 0.2) is 77.1 Å². The fourth-order valence-corrected chi connectivity index (χ4v) is 2.69. The monoisotopic (exact) mass is 335 g/mol. The second-order valence-electron chi connectivity index (χ2n) is 5.22. The third kappa shape index (κ3) is 4.30. The highest BCUT2D eigenvalue weighted by Gasteiger charge is 2.10. The fraction of sp³-hybridized carbons (Fsp3) is 0.0526. The molecule has 0 atom stereocenters. The van der Waals surface area contributed by atoms with Gasteiger partial charge in [0.05, 0.1) is 10.6 Å². The Kier molecular flexibility index (Phi) is 5.03. The molecule has 3 aromatic rings. The number of hydrogen-bond acceptors (Lipinski definition) is 3. The van der Waals surface area contributed by atoms with Gasteiger partial charge in [-0.15, -0.1) is 11.3 Å². The van der Waals surface area contributed by atoms with E-state index in [2.05, 4.69) is 15.6 Å². The zero-order chi connectivity index (χ0) is 16.8. The first-order valence-electron chi connectivity index (χ1n) is 7.53. The molecule has 0 aliphatic heterocycles. The van der Waals surface area contributed by atoms with Gasteiger partial charge in [-0.1, -0.05) is 42.0 Å². The zero-order valence-corrected chi connectivity index (χ0v) is 14.0. The standard InChI is InChI=1S/C19H17N3OS/c1-14-9-11-16(12-10-14)21-19(20-15-6-3-2-4-7-15)22-18(23)17-8-5-13-24-17/h2-13H,1H3,(H2,20,21,22,23). The summed E-state index contributed by atoms with van der Waals surface area (Å²) in [7, 11) is 0. The van der Waals surface area contributed by atoms with Gasteiger partial charge < -0.3 is 5.32 Å². The summed E-state index contributed by atoms with van der Waals surface area (Å²) in [4.78, 5) is 17.5. The van der Waals surface area contributed by atoms with Gasteiger partial charge in [0.25, 0.3) is 5.91 Å². The lowest BCUT2D eigenvalue weighted by molar-refractivity contribution is 0.0981. The Morgan fingerprint density at radius 1 is 0.958 bits per heavy atom. The van der Waals surface area contributed by atoms with Crippen LogP contribution < -0.4 is 10.6 Å². The number of thiophene rings is 1. The number of nitrogens with zero attached hydrogens (tertiary/aromatic N) is 1. The van der Waals surface area contributed by atoms with E-state index >= 15 is 0 Å². The minimum absolute atomic E-state index is 0.181. The summed E-state index contributed by atoms with van der Waals surface area (Å²) in [5, 5.41) is 7.87. The Morgan fingerprint density at radius 2 is 1.71 bits per heavy atom. The molecule has 24 heavy (non-hydrogen) atoms. The van der Waals surface area contributed by atoms with Crippen molar-refractivity contribution in [1.82, 2.24) is 5.32 Å². The first-order chi connectivity index (χ1) is 11.7. The second-order valence-corrected chi connectivity index (χ2v) is 6.17. The van der Waals surface area contributed by atoms with Crippen molar-refractivity contribution in [2.75, 3.05) is 5.32 Å². The maximum absolute atomic E-state index is 12.3. The van der Waals surface area contributed by atoms with E-state index in [0.717, 1.165) is 16.9 Å². The van der Waals surface area contributed by atoms with E-state index in [0.29, 0.717) is 10.8 Å². The van der Waals surface area contributed by atoms with Crippen LogP contribution in [0, 0.1) is 6.92 Å². The number of anilines is 1. The maximum Gasteiger partial charge on any atom is 0.268 e. The van der Waals surface area contributed by atoms with Crippen molar-refractivity contribution in [1.29, 1.82) is 0 Å². The molecule has 0 aliphatic rings. The number of benzene rings is 2. The maximum atomic E-state index is 12.3. The van der Waals surface area contributed by atoms with E-state index in [4.69, 9.17) is 0 Å². The molecule has 4 nitrogen and oxygen atoms in total. The molecule has 1 heterocycles.